The molecule has 0 unspecified atom stereocenters. The van der Waals surface area contributed by atoms with Crippen molar-refractivity contribution in [2.75, 3.05) is 36.8 Å². The van der Waals surface area contributed by atoms with Crippen molar-refractivity contribution in [1.82, 2.24) is 15.3 Å². The maximum absolute atomic E-state index is 5.98. The number of rotatable bonds is 1. The molecule has 3 heterocycles. The number of halogens is 4. The first-order valence-electron chi connectivity index (χ1n) is 6.62. The lowest BCUT2D eigenvalue weighted by Gasteiger charge is -2.32. The number of aromatic nitrogens is 2. The van der Waals surface area contributed by atoms with Crippen molar-refractivity contribution < 1.29 is 0 Å². The number of anilines is 1. The lowest BCUT2D eigenvalue weighted by Crippen LogP contribution is -2.44. The van der Waals surface area contributed by atoms with E-state index in [0.717, 1.165) is 61.2 Å². The Morgan fingerprint density at radius 1 is 1.14 bits per heavy atom. The molecule has 0 amide bonds. The molecular formula is C12H16Cl4N4S. The van der Waals surface area contributed by atoms with Crippen LogP contribution in [0.15, 0.2) is 4.90 Å². The molecule has 118 valence electrons. The van der Waals surface area contributed by atoms with Crippen LogP contribution in [-0.4, -0.2) is 41.9 Å². The zero-order chi connectivity index (χ0) is 14.2. The predicted molar refractivity (Wildman–Crippen MR) is 92.6 cm³/mol. The molecule has 4 nitrogen and oxygen atoms in total. The van der Waals surface area contributed by atoms with Crippen molar-refractivity contribution in [3.8, 4) is 0 Å². The fourth-order valence-corrected chi connectivity index (χ4v) is 3.80. The Balaban J connectivity index is 0.00000161. The monoisotopic (exact) mass is 388 g/mol. The van der Waals surface area contributed by atoms with Gasteiger partial charge in [0.15, 0.2) is 5.82 Å². The van der Waals surface area contributed by atoms with Gasteiger partial charge in [0.25, 0.3) is 0 Å². The van der Waals surface area contributed by atoms with Crippen molar-refractivity contribution in [3.05, 3.63) is 11.5 Å². The highest BCUT2D eigenvalue weighted by Gasteiger charge is 2.31. The van der Waals surface area contributed by atoms with E-state index >= 15 is 0 Å². The molecule has 2 aliphatic rings. The number of piperazine rings is 1. The molecule has 0 atom stereocenters. The number of fused-ring (bicyclic) bond motifs is 1. The number of hydrogen-bond donors (Lipinski definition) is 1. The number of nitrogens with one attached hydrogen (secondary N) is 1. The van der Waals surface area contributed by atoms with Gasteiger partial charge in [-0.15, -0.1) is 24.2 Å². The van der Waals surface area contributed by atoms with Gasteiger partial charge in [0, 0.05) is 26.2 Å². The fourth-order valence-electron chi connectivity index (χ4n) is 2.43. The van der Waals surface area contributed by atoms with E-state index in [1.54, 1.807) is 0 Å². The summed E-state index contributed by atoms with van der Waals surface area (Å²) < 4.78 is -1.57. The summed E-state index contributed by atoms with van der Waals surface area (Å²) in [5, 5.41) is 3.34. The van der Waals surface area contributed by atoms with Crippen LogP contribution in [0.4, 0.5) is 5.82 Å². The maximum atomic E-state index is 5.98. The number of alkyl halides is 3. The highest BCUT2D eigenvalue weighted by molar-refractivity contribution is 7.99. The average Bonchev–Trinajstić information content (AvgIpc) is 2.46. The van der Waals surface area contributed by atoms with E-state index in [0.29, 0.717) is 0 Å². The van der Waals surface area contributed by atoms with Crippen LogP contribution in [0.25, 0.3) is 0 Å². The minimum Gasteiger partial charge on any atom is -0.353 e. The van der Waals surface area contributed by atoms with Gasteiger partial charge in [0.05, 0.1) is 10.6 Å². The quantitative estimate of drug-likeness (QED) is 0.747. The van der Waals surface area contributed by atoms with Gasteiger partial charge in [0.2, 0.25) is 3.79 Å². The molecule has 3 rings (SSSR count). The molecule has 0 spiro atoms. The number of nitrogens with zero attached hydrogens (tertiary/aromatic N) is 3. The summed E-state index contributed by atoms with van der Waals surface area (Å²) in [6.07, 6.45) is 2.03. The average molecular weight is 390 g/mol. The van der Waals surface area contributed by atoms with Gasteiger partial charge >= 0.3 is 0 Å². The molecule has 0 aliphatic carbocycles. The molecule has 0 aromatic carbocycles. The van der Waals surface area contributed by atoms with E-state index in [4.69, 9.17) is 34.8 Å². The Hall–Kier alpha value is 0.350. The first-order chi connectivity index (χ1) is 9.55. The van der Waals surface area contributed by atoms with Crippen LogP contribution in [0.5, 0.6) is 0 Å². The molecule has 1 saturated heterocycles. The van der Waals surface area contributed by atoms with Gasteiger partial charge < -0.3 is 10.2 Å². The third-order valence-corrected chi connectivity index (χ3v) is 5.10. The molecule has 1 aromatic rings. The van der Waals surface area contributed by atoms with E-state index in [-0.39, 0.29) is 18.2 Å². The summed E-state index contributed by atoms with van der Waals surface area (Å²) in [4.78, 5) is 12.4. The van der Waals surface area contributed by atoms with Gasteiger partial charge in [-0.1, -0.05) is 34.8 Å². The summed E-state index contributed by atoms with van der Waals surface area (Å²) in [7, 11) is 0. The van der Waals surface area contributed by atoms with Crippen LogP contribution in [0.2, 0.25) is 0 Å². The van der Waals surface area contributed by atoms with E-state index in [9.17, 15) is 0 Å². The normalized spacial score (nSPS) is 18.9. The number of thioether (sulfide) groups is 1. The minimum absolute atomic E-state index is 0. The summed E-state index contributed by atoms with van der Waals surface area (Å²) in [5.41, 5.74) is 1.02. The predicted octanol–water partition coefficient (Wildman–Crippen LogP) is 3.17. The standard InChI is InChI=1S/C12H15Cl3N4S.ClH/c13-12(14,15)11-17-8-2-1-7-20-9(8)10(18-11)19-5-3-16-4-6-19;/h16H,1-7H2;1H. The maximum Gasteiger partial charge on any atom is 0.250 e. The van der Waals surface area contributed by atoms with Crippen LogP contribution >= 0.6 is 59.0 Å². The molecule has 2 aliphatic heterocycles. The Morgan fingerprint density at radius 2 is 1.86 bits per heavy atom. The van der Waals surface area contributed by atoms with E-state index < -0.39 is 3.79 Å². The third kappa shape index (κ3) is 4.01. The second-order valence-electron chi connectivity index (χ2n) is 4.83. The van der Waals surface area contributed by atoms with Crippen molar-refractivity contribution in [2.45, 2.75) is 21.5 Å². The molecule has 0 bridgehead atoms. The highest BCUT2D eigenvalue weighted by Crippen LogP contribution is 2.41. The van der Waals surface area contributed by atoms with Crippen LogP contribution in [0.1, 0.15) is 17.9 Å². The molecule has 0 saturated carbocycles. The van der Waals surface area contributed by atoms with Crippen LogP contribution in [0, 0.1) is 0 Å². The van der Waals surface area contributed by atoms with Crippen molar-refractivity contribution in [2.24, 2.45) is 0 Å². The first kappa shape index (κ1) is 17.7. The van der Waals surface area contributed by atoms with Gasteiger partial charge in [-0.05, 0) is 18.6 Å². The summed E-state index contributed by atoms with van der Waals surface area (Å²) in [6.45, 7) is 3.74. The van der Waals surface area contributed by atoms with Gasteiger partial charge in [0.1, 0.15) is 5.82 Å². The molecule has 1 aromatic heterocycles. The molecule has 1 N–H and O–H groups in total. The second-order valence-corrected chi connectivity index (χ2v) is 8.22. The summed E-state index contributed by atoms with van der Waals surface area (Å²) in [6, 6.07) is 0. The van der Waals surface area contributed by atoms with Crippen molar-refractivity contribution in [3.63, 3.8) is 0 Å². The Morgan fingerprint density at radius 3 is 2.52 bits per heavy atom. The van der Waals surface area contributed by atoms with Gasteiger partial charge in [-0.25, -0.2) is 9.97 Å². The van der Waals surface area contributed by atoms with Crippen LogP contribution in [0.3, 0.4) is 0 Å². The molecular weight excluding hydrogens is 374 g/mol. The van der Waals surface area contributed by atoms with Crippen molar-refractivity contribution >= 4 is 64.8 Å². The zero-order valence-corrected chi connectivity index (χ0v) is 15.1. The summed E-state index contributed by atoms with van der Waals surface area (Å²) >= 11 is 19.8. The van der Waals surface area contributed by atoms with Crippen LogP contribution < -0.4 is 10.2 Å². The van der Waals surface area contributed by atoms with Crippen LogP contribution in [-0.2, 0) is 10.2 Å². The largest absolute Gasteiger partial charge is 0.353 e. The zero-order valence-electron chi connectivity index (χ0n) is 11.2. The third-order valence-electron chi connectivity index (χ3n) is 3.39. The lowest BCUT2D eigenvalue weighted by molar-refractivity contribution is 0.578. The van der Waals surface area contributed by atoms with Crippen molar-refractivity contribution in [1.29, 1.82) is 0 Å². The molecule has 21 heavy (non-hydrogen) atoms. The van der Waals surface area contributed by atoms with Gasteiger partial charge in [-0.2, -0.15) is 0 Å². The first-order valence-corrected chi connectivity index (χ1v) is 8.74. The SMILES string of the molecule is Cl.ClC(Cl)(Cl)c1nc2c(c(N3CCNCC3)n1)SCCC2. The van der Waals surface area contributed by atoms with Gasteiger partial charge in [-0.3, -0.25) is 0 Å². The Bertz CT molecular complexity index is 503. The topological polar surface area (TPSA) is 41.1 Å². The second kappa shape index (κ2) is 7.28. The molecule has 1 fully saturated rings. The molecule has 9 heteroatoms. The number of hydrogen-bond acceptors (Lipinski definition) is 5. The van der Waals surface area contributed by atoms with E-state index in [1.165, 1.54) is 0 Å². The fraction of sp³-hybridized carbons (Fsp3) is 0.667. The smallest absolute Gasteiger partial charge is 0.250 e. The van der Waals surface area contributed by atoms with E-state index in [2.05, 4.69) is 20.2 Å². The van der Waals surface area contributed by atoms with E-state index in [1.807, 2.05) is 11.8 Å². The Kier molecular flexibility index (Phi) is 6.14. The summed E-state index contributed by atoms with van der Waals surface area (Å²) in [5.74, 6) is 2.32. The highest BCUT2D eigenvalue weighted by atomic mass is 35.6. The minimum atomic E-state index is -1.57. The lowest BCUT2D eigenvalue weighted by atomic mass is 10.2. The molecule has 0 radical (unpaired) electrons. The number of aryl methyl sites for hydroxylation is 1. The Labute approximate surface area is 149 Å².